The van der Waals surface area contributed by atoms with Crippen LogP contribution < -0.4 is 0 Å². The van der Waals surface area contributed by atoms with Crippen molar-refractivity contribution in [3.05, 3.63) is 11.8 Å². The third kappa shape index (κ3) is 2.74. The van der Waals surface area contributed by atoms with E-state index in [9.17, 15) is 4.79 Å². The Labute approximate surface area is 67.2 Å². The van der Waals surface area contributed by atoms with Crippen molar-refractivity contribution in [3.8, 4) is 0 Å². The molecule has 0 fully saturated rings. The van der Waals surface area contributed by atoms with Gasteiger partial charge in [0.05, 0.1) is 0 Å². The molecule has 0 radical (unpaired) electrons. The third-order valence-electron chi connectivity index (χ3n) is 1.83. The van der Waals surface area contributed by atoms with E-state index in [1.54, 1.807) is 0 Å². The molecule has 1 rings (SSSR count). The lowest BCUT2D eigenvalue weighted by atomic mass is 9.97. The Balaban J connectivity index is 2.49. The van der Waals surface area contributed by atoms with Crippen molar-refractivity contribution in [1.82, 2.24) is 0 Å². The number of rotatable bonds is 1. The Kier molecular flexibility index (Phi) is 2.69. The van der Waals surface area contributed by atoms with Crippen molar-refractivity contribution in [2.24, 2.45) is 5.92 Å². The maximum Gasteiger partial charge on any atom is 0.307 e. The first-order valence-electron chi connectivity index (χ1n) is 4.07. The Bertz CT molecular complexity index is 182. The molecule has 0 heterocycles. The van der Waals surface area contributed by atoms with Gasteiger partial charge in [-0.25, -0.2) is 0 Å². The highest BCUT2D eigenvalue weighted by atomic mass is 16.5. The fourth-order valence-electron chi connectivity index (χ4n) is 1.35. The topological polar surface area (TPSA) is 26.3 Å². The molecular weight excluding hydrogens is 140 g/mol. The summed E-state index contributed by atoms with van der Waals surface area (Å²) in [7, 11) is 0. The number of esters is 1. The van der Waals surface area contributed by atoms with Crippen LogP contribution in [0.3, 0.4) is 0 Å². The molecule has 2 nitrogen and oxygen atoms in total. The number of carbonyl (C=O) groups excluding carboxylic acids is 1. The van der Waals surface area contributed by atoms with Gasteiger partial charge in [-0.2, -0.15) is 0 Å². The highest BCUT2D eigenvalue weighted by Gasteiger charge is 2.11. The number of hydrogen-bond acceptors (Lipinski definition) is 2. The monoisotopic (exact) mass is 154 g/mol. The predicted octanol–water partition coefficient (Wildman–Crippen LogP) is 2.25. The fourth-order valence-corrected chi connectivity index (χ4v) is 1.35. The van der Waals surface area contributed by atoms with E-state index in [4.69, 9.17) is 4.74 Å². The van der Waals surface area contributed by atoms with Gasteiger partial charge in [-0.3, -0.25) is 4.79 Å². The second-order valence-electron chi connectivity index (χ2n) is 3.10. The van der Waals surface area contributed by atoms with Crippen LogP contribution in [0.5, 0.6) is 0 Å². The van der Waals surface area contributed by atoms with E-state index >= 15 is 0 Å². The van der Waals surface area contributed by atoms with Gasteiger partial charge in [-0.05, 0) is 24.8 Å². The van der Waals surface area contributed by atoms with Gasteiger partial charge in [-0.15, -0.1) is 0 Å². The lowest BCUT2D eigenvalue weighted by molar-refractivity contribution is -0.137. The molecule has 0 spiro atoms. The van der Waals surface area contributed by atoms with Crippen molar-refractivity contribution in [2.45, 2.75) is 33.1 Å². The standard InChI is InChI=1S/C9H14O2/c1-7-4-3-5-9(6-7)11-8(2)10/h6-7H,3-5H2,1-2H3. The quantitative estimate of drug-likeness (QED) is 0.541. The summed E-state index contributed by atoms with van der Waals surface area (Å²) >= 11 is 0. The Morgan fingerprint density at radius 1 is 1.73 bits per heavy atom. The highest BCUT2D eigenvalue weighted by molar-refractivity contribution is 5.67. The molecular formula is C9H14O2. The van der Waals surface area contributed by atoms with Gasteiger partial charge < -0.3 is 4.74 Å². The van der Waals surface area contributed by atoms with E-state index in [2.05, 4.69) is 6.92 Å². The zero-order chi connectivity index (χ0) is 8.27. The van der Waals surface area contributed by atoms with Gasteiger partial charge >= 0.3 is 5.97 Å². The van der Waals surface area contributed by atoms with Crippen molar-refractivity contribution in [1.29, 1.82) is 0 Å². The van der Waals surface area contributed by atoms with Gasteiger partial charge in [0, 0.05) is 13.3 Å². The van der Waals surface area contributed by atoms with Gasteiger partial charge in [-0.1, -0.05) is 6.92 Å². The fraction of sp³-hybridized carbons (Fsp3) is 0.667. The molecule has 62 valence electrons. The maximum atomic E-state index is 10.6. The van der Waals surface area contributed by atoms with Crippen molar-refractivity contribution >= 4 is 5.97 Å². The van der Waals surface area contributed by atoms with Crippen LogP contribution in [-0.2, 0) is 9.53 Å². The molecule has 1 atom stereocenters. The van der Waals surface area contributed by atoms with E-state index in [1.807, 2.05) is 6.08 Å². The van der Waals surface area contributed by atoms with E-state index in [1.165, 1.54) is 13.3 Å². The summed E-state index contributed by atoms with van der Waals surface area (Å²) in [5.74, 6) is 1.22. The average molecular weight is 154 g/mol. The van der Waals surface area contributed by atoms with E-state index in [-0.39, 0.29) is 5.97 Å². The molecule has 2 heteroatoms. The van der Waals surface area contributed by atoms with Crippen LogP contribution in [0, 0.1) is 5.92 Å². The predicted molar refractivity (Wildman–Crippen MR) is 42.9 cm³/mol. The lowest BCUT2D eigenvalue weighted by Crippen LogP contribution is -2.06. The molecule has 1 unspecified atom stereocenters. The summed E-state index contributed by atoms with van der Waals surface area (Å²) in [6.07, 6.45) is 5.32. The third-order valence-corrected chi connectivity index (χ3v) is 1.83. The van der Waals surface area contributed by atoms with Crippen molar-refractivity contribution in [2.75, 3.05) is 0 Å². The number of allylic oxidation sites excluding steroid dienone is 2. The van der Waals surface area contributed by atoms with Crippen LogP contribution in [0.4, 0.5) is 0 Å². The second-order valence-corrected chi connectivity index (χ2v) is 3.10. The molecule has 0 saturated carbocycles. The Morgan fingerprint density at radius 2 is 2.45 bits per heavy atom. The molecule has 0 N–H and O–H groups in total. The zero-order valence-electron chi connectivity index (χ0n) is 7.09. The molecule has 0 aliphatic heterocycles. The van der Waals surface area contributed by atoms with Gasteiger partial charge in [0.25, 0.3) is 0 Å². The Morgan fingerprint density at radius 3 is 3.00 bits per heavy atom. The summed E-state index contributed by atoms with van der Waals surface area (Å²) in [5.41, 5.74) is 0. The van der Waals surface area contributed by atoms with Crippen LogP contribution in [0.25, 0.3) is 0 Å². The molecule has 1 aliphatic carbocycles. The number of carbonyl (C=O) groups is 1. The summed E-state index contributed by atoms with van der Waals surface area (Å²) < 4.78 is 4.98. The van der Waals surface area contributed by atoms with Crippen LogP contribution in [0.15, 0.2) is 11.8 Å². The SMILES string of the molecule is CC(=O)OC1=CC(C)CCC1. The maximum absolute atomic E-state index is 10.6. The smallest absolute Gasteiger partial charge is 0.307 e. The summed E-state index contributed by atoms with van der Waals surface area (Å²) in [6.45, 7) is 3.59. The molecule has 1 aliphatic rings. The van der Waals surface area contributed by atoms with Crippen LogP contribution in [0.1, 0.15) is 33.1 Å². The molecule has 0 bridgehead atoms. The molecule has 11 heavy (non-hydrogen) atoms. The highest BCUT2D eigenvalue weighted by Crippen LogP contribution is 2.22. The van der Waals surface area contributed by atoms with Crippen molar-refractivity contribution in [3.63, 3.8) is 0 Å². The van der Waals surface area contributed by atoms with Crippen LogP contribution in [0.2, 0.25) is 0 Å². The van der Waals surface area contributed by atoms with Gasteiger partial charge in [0.1, 0.15) is 5.76 Å². The minimum absolute atomic E-state index is 0.203. The lowest BCUT2D eigenvalue weighted by Gasteiger charge is -2.16. The zero-order valence-corrected chi connectivity index (χ0v) is 7.09. The van der Waals surface area contributed by atoms with Gasteiger partial charge in [0.2, 0.25) is 0 Å². The molecule has 0 aromatic heterocycles. The molecule has 0 amide bonds. The first-order valence-corrected chi connectivity index (χ1v) is 4.07. The Hall–Kier alpha value is -0.790. The normalized spacial score (nSPS) is 24.2. The summed E-state index contributed by atoms with van der Waals surface area (Å²) in [5, 5.41) is 0. The largest absolute Gasteiger partial charge is 0.432 e. The van der Waals surface area contributed by atoms with E-state index in [0.717, 1.165) is 18.6 Å². The first kappa shape index (κ1) is 8.31. The second kappa shape index (κ2) is 3.56. The summed E-state index contributed by atoms with van der Waals surface area (Å²) in [6, 6.07) is 0. The van der Waals surface area contributed by atoms with Crippen molar-refractivity contribution < 1.29 is 9.53 Å². The van der Waals surface area contributed by atoms with E-state index < -0.39 is 0 Å². The van der Waals surface area contributed by atoms with Crippen LogP contribution >= 0.6 is 0 Å². The molecule has 0 aromatic carbocycles. The van der Waals surface area contributed by atoms with Crippen LogP contribution in [-0.4, -0.2) is 5.97 Å². The number of ether oxygens (including phenoxy) is 1. The van der Waals surface area contributed by atoms with E-state index in [0.29, 0.717) is 5.92 Å². The minimum Gasteiger partial charge on any atom is -0.432 e. The molecule has 0 saturated heterocycles. The molecule has 0 aromatic rings. The average Bonchev–Trinajstić information content (AvgIpc) is 1.85. The summed E-state index contributed by atoms with van der Waals surface area (Å²) in [4.78, 5) is 10.6. The van der Waals surface area contributed by atoms with Gasteiger partial charge in [0.15, 0.2) is 0 Å². The number of hydrogen-bond donors (Lipinski definition) is 0. The minimum atomic E-state index is -0.203. The first-order chi connectivity index (χ1) is 5.18.